The van der Waals surface area contributed by atoms with E-state index >= 15 is 0 Å². The van der Waals surface area contributed by atoms with Gasteiger partial charge < -0.3 is 10.1 Å². The van der Waals surface area contributed by atoms with E-state index < -0.39 is 9.84 Å². The fourth-order valence-electron chi connectivity index (χ4n) is 1.75. The van der Waals surface area contributed by atoms with E-state index in [2.05, 4.69) is 21.2 Å². The summed E-state index contributed by atoms with van der Waals surface area (Å²) in [5.74, 6) is 0.103. The van der Waals surface area contributed by atoms with Gasteiger partial charge in [-0.15, -0.1) is 0 Å². The molecule has 0 saturated heterocycles. The zero-order chi connectivity index (χ0) is 13.8. The second kappa shape index (κ2) is 6.54. The molecule has 1 rings (SSSR count). The van der Waals surface area contributed by atoms with E-state index in [0.29, 0.717) is 6.61 Å². The lowest BCUT2D eigenvalue weighted by molar-refractivity contribution is 0.185. The number of halogens is 1. The Morgan fingerprint density at radius 2 is 2.11 bits per heavy atom. The number of sulfone groups is 1. The molecule has 0 fully saturated rings. The van der Waals surface area contributed by atoms with Crippen LogP contribution in [0.5, 0.6) is 0 Å². The maximum Gasteiger partial charge on any atom is 0.149 e. The summed E-state index contributed by atoms with van der Waals surface area (Å²) in [6.07, 6.45) is 1.24. The standard InChI is InChI=1S/C12H18BrNO3S/c1-9(8-18(3,15)16)14-12-6-4-5-11(13)10(12)7-17-2/h4-6,9,14H,7-8H2,1-3H3. The van der Waals surface area contributed by atoms with Crippen LogP contribution in [0.4, 0.5) is 5.69 Å². The van der Waals surface area contributed by atoms with Gasteiger partial charge in [-0.05, 0) is 19.1 Å². The summed E-state index contributed by atoms with van der Waals surface area (Å²) in [4.78, 5) is 0. The molecule has 6 heteroatoms. The van der Waals surface area contributed by atoms with E-state index in [9.17, 15) is 8.42 Å². The number of rotatable bonds is 6. The van der Waals surface area contributed by atoms with E-state index in [4.69, 9.17) is 4.74 Å². The number of nitrogens with one attached hydrogen (secondary N) is 1. The van der Waals surface area contributed by atoms with Crippen LogP contribution in [0.15, 0.2) is 22.7 Å². The number of methoxy groups -OCH3 is 1. The average molecular weight is 336 g/mol. The average Bonchev–Trinajstić information content (AvgIpc) is 2.20. The molecular formula is C12H18BrNO3S. The molecule has 0 aliphatic heterocycles. The van der Waals surface area contributed by atoms with Crippen LogP contribution in [-0.2, 0) is 21.2 Å². The topological polar surface area (TPSA) is 55.4 Å². The lowest BCUT2D eigenvalue weighted by Gasteiger charge is -2.18. The van der Waals surface area contributed by atoms with Gasteiger partial charge in [-0.2, -0.15) is 0 Å². The Morgan fingerprint density at radius 3 is 2.67 bits per heavy atom. The quantitative estimate of drug-likeness (QED) is 0.867. The van der Waals surface area contributed by atoms with E-state index in [0.717, 1.165) is 15.7 Å². The van der Waals surface area contributed by atoms with Crippen molar-refractivity contribution in [3.8, 4) is 0 Å². The van der Waals surface area contributed by atoms with Crippen molar-refractivity contribution in [2.75, 3.05) is 24.4 Å². The molecule has 0 aromatic heterocycles. The number of anilines is 1. The van der Waals surface area contributed by atoms with Gasteiger partial charge in [0.2, 0.25) is 0 Å². The van der Waals surface area contributed by atoms with Crippen molar-refractivity contribution >= 4 is 31.5 Å². The lowest BCUT2D eigenvalue weighted by atomic mass is 10.1. The van der Waals surface area contributed by atoms with Gasteiger partial charge in [0.15, 0.2) is 0 Å². The third-order valence-corrected chi connectivity index (χ3v) is 4.21. The summed E-state index contributed by atoms with van der Waals surface area (Å²) in [7, 11) is -1.36. The number of benzene rings is 1. The van der Waals surface area contributed by atoms with E-state index in [1.165, 1.54) is 6.26 Å². The summed E-state index contributed by atoms with van der Waals surface area (Å²) in [6, 6.07) is 5.60. The highest BCUT2D eigenvalue weighted by atomic mass is 79.9. The molecule has 0 radical (unpaired) electrons. The first-order valence-corrected chi connectivity index (χ1v) is 8.39. The Kier molecular flexibility index (Phi) is 5.62. The summed E-state index contributed by atoms with van der Waals surface area (Å²) >= 11 is 3.46. The minimum atomic E-state index is -2.98. The predicted octanol–water partition coefficient (Wildman–Crippen LogP) is 2.44. The maximum absolute atomic E-state index is 11.2. The normalized spacial score (nSPS) is 13.3. The van der Waals surface area contributed by atoms with Crippen LogP contribution >= 0.6 is 15.9 Å². The molecule has 1 aromatic carbocycles. The van der Waals surface area contributed by atoms with Crippen LogP contribution < -0.4 is 5.32 Å². The van der Waals surface area contributed by atoms with Crippen molar-refractivity contribution in [2.45, 2.75) is 19.6 Å². The minimum absolute atomic E-state index is 0.103. The highest BCUT2D eigenvalue weighted by molar-refractivity contribution is 9.10. The molecule has 1 aromatic rings. The van der Waals surface area contributed by atoms with Crippen molar-refractivity contribution in [1.82, 2.24) is 0 Å². The second-order valence-electron chi connectivity index (χ2n) is 4.34. The van der Waals surface area contributed by atoms with Crippen LogP contribution in [-0.4, -0.2) is 33.6 Å². The summed E-state index contributed by atoms with van der Waals surface area (Å²) in [6.45, 7) is 2.31. The molecule has 0 aliphatic rings. The fraction of sp³-hybridized carbons (Fsp3) is 0.500. The molecular weight excluding hydrogens is 318 g/mol. The Bertz CT molecular complexity index is 502. The SMILES string of the molecule is COCc1c(Br)cccc1NC(C)CS(C)(=O)=O. The molecule has 18 heavy (non-hydrogen) atoms. The Labute approximate surface area is 117 Å². The molecule has 0 heterocycles. The molecule has 1 N–H and O–H groups in total. The Morgan fingerprint density at radius 1 is 1.44 bits per heavy atom. The smallest absolute Gasteiger partial charge is 0.149 e. The van der Waals surface area contributed by atoms with Crippen LogP contribution in [0.2, 0.25) is 0 Å². The van der Waals surface area contributed by atoms with Crippen molar-refractivity contribution in [3.05, 3.63) is 28.2 Å². The van der Waals surface area contributed by atoms with Crippen molar-refractivity contribution in [1.29, 1.82) is 0 Å². The molecule has 1 atom stereocenters. The first-order valence-electron chi connectivity index (χ1n) is 5.54. The maximum atomic E-state index is 11.2. The van der Waals surface area contributed by atoms with Gasteiger partial charge >= 0.3 is 0 Å². The molecule has 0 spiro atoms. The third kappa shape index (κ3) is 4.96. The molecule has 4 nitrogen and oxygen atoms in total. The number of hydrogen-bond acceptors (Lipinski definition) is 4. The van der Waals surface area contributed by atoms with Gasteiger partial charge in [-0.1, -0.05) is 22.0 Å². The highest BCUT2D eigenvalue weighted by Gasteiger charge is 2.13. The molecule has 102 valence electrons. The predicted molar refractivity (Wildman–Crippen MR) is 77.7 cm³/mol. The summed E-state index contributed by atoms with van der Waals surface area (Å²) in [5, 5.41) is 3.20. The molecule has 0 saturated carbocycles. The van der Waals surface area contributed by atoms with Gasteiger partial charge in [-0.25, -0.2) is 8.42 Å². The van der Waals surface area contributed by atoms with Crippen LogP contribution in [0.1, 0.15) is 12.5 Å². The summed E-state index contributed by atoms with van der Waals surface area (Å²) in [5.41, 5.74) is 1.88. The van der Waals surface area contributed by atoms with Gasteiger partial charge in [0.25, 0.3) is 0 Å². The first-order chi connectivity index (χ1) is 8.33. The van der Waals surface area contributed by atoms with Gasteiger partial charge in [-0.3, -0.25) is 0 Å². The van der Waals surface area contributed by atoms with Gasteiger partial charge in [0.05, 0.1) is 12.4 Å². The molecule has 0 aliphatic carbocycles. The van der Waals surface area contributed by atoms with Crippen LogP contribution in [0.3, 0.4) is 0 Å². The van der Waals surface area contributed by atoms with Crippen molar-refractivity contribution < 1.29 is 13.2 Å². The van der Waals surface area contributed by atoms with E-state index in [1.54, 1.807) is 7.11 Å². The van der Waals surface area contributed by atoms with E-state index in [1.807, 2.05) is 25.1 Å². The van der Waals surface area contributed by atoms with Gasteiger partial charge in [0, 0.05) is 35.1 Å². The fourth-order valence-corrected chi connectivity index (χ4v) is 3.22. The zero-order valence-corrected chi connectivity index (χ0v) is 13.1. The number of ether oxygens (including phenoxy) is 1. The lowest BCUT2D eigenvalue weighted by Crippen LogP contribution is -2.25. The monoisotopic (exact) mass is 335 g/mol. The number of hydrogen-bond donors (Lipinski definition) is 1. The first kappa shape index (κ1) is 15.5. The van der Waals surface area contributed by atoms with Crippen LogP contribution in [0, 0.1) is 0 Å². The van der Waals surface area contributed by atoms with E-state index in [-0.39, 0.29) is 11.8 Å². The summed E-state index contributed by atoms with van der Waals surface area (Å²) < 4.78 is 28.6. The molecule has 1 unspecified atom stereocenters. The molecule has 0 bridgehead atoms. The molecule has 0 amide bonds. The minimum Gasteiger partial charge on any atom is -0.381 e. The Balaban J connectivity index is 2.87. The van der Waals surface area contributed by atoms with Gasteiger partial charge in [0.1, 0.15) is 9.84 Å². The largest absolute Gasteiger partial charge is 0.381 e. The van der Waals surface area contributed by atoms with Crippen LogP contribution in [0.25, 0.3) is 0 Å². The van der Waals surface area contributed by atoms with Crippen molar-refractivity contribution in [2.24, 2.45) is 0 Å². The Hall–Kier alpha value is -0.590. The highest BCUT2D eigenvalue weighted by Crippen LogP contribution is 2.26. The zero-order valence-electron chi connectivity index (χ0n) is 10.7. The second-order valence-corrected chi connectivity index (χ2v) is 7.38. The van der Waals surface area contributed by atoms with Crippen molar-refractivity contribution in [3.63, 3.8) is 0 Å². The third-order valence-electron chi connectivity index (χ3n) is 2.36.